The summed E-state index contributed by atoms with van der Waals surface area (Å²) in [6.07, 6.45) is 1.62. The van der Waals surface area contributed by atoms with Gasteiger partial charge in [0.05, 0.1) is 5.56 Å². The number of rotatable bonds is 2. The molecule has 22 heavy (non-hydrogen) atoms. The maximum Gasteiger partial charge on any atom is 0.308 e. The molecular formula is C17H11ClO4. The molecule has 1 heterocycles. The van der Waals surface area contributed by atoms with Gasteiger partial charge in [0.25, 0.3) is 0 Å². The first-order valence-corrected chi connectivity index (χ1v) is 6.93. The summed E-state index contributed by atoms with van der Waals surface area (Å²) in [5.74, 6) is 0.264. The van der Waals surface area contributed by atoms with E-state index in [1.54, 1.807) is 36.4 Å². The summed E-state index contributed by atoms with van der Waals surface area (Å²) in [5.41, 5.74) is 1.20. The van der Waals surface area contributed by atoms with E-state index in [9.17, 15) is 9.59 Å². The topological polar surface area (TPSA) is 52.6 Å². The van der Waals surface area contributed by atoms with Gasteiger partial charge in [0.1, 0.15) is 11.5 Å². The van der Waals surface area contributed by atoms with Crippen LogP contribution in [0.15, 0.2) is 48.2 Å². The first kappa shape index (κ1) is 14.4. The minimum atomic E-state index is -0.432. The summed E-state index contributed by atoms with van der Waals surface area (Å²) in [6, 6.07) is 11.8. The van der Waals surface area contributed by atoms with E-state index in [0.29, 0.717) is 22.1 Å². The Morgan fingerprint density at radius 3 is 2.77 bits per heavy atom. The van der Waals surface area contributed by atoms with Gasteiger partial charge in [-0.3, -0.25) is 9.59 Å². The van der Waals surface area contributed by atoms with E-state index in [1.807, 2.05) is 6.07 Å². The monoisotopic (exact) mass is 314 g/mol. The van der Waals surface area contributed by atoms with Crippen molar-refractivity contribution >= 4 is 29.4 Å². The fraction of sp³-hybridized carbons (Fsp3) is 0.0588. The van der Waals surface area contributed by atoms with Gasteiger partial charge in [-0.2, -0.15) is 0 Å². The number of esters is 1. The number of benzene rings is 2. The number of ketones is 1. The van der Waals surface area contributed by atoms with Gasteiger partial charge in [0.15, 0.2) is 5.76 Å². The van der Waals surface area contributed by atoms with Crippen LogP contribution >= 0.6 is 11.6 Å². The van der Waals surface area contributed by atoms with E-state index in [0.717, 1.165) is 5.56 Å². The molecule has 1 aliphatic rings. The normalized spacial score (nSPS) is 14.6. The molecule has 0 aliphatic carbocycles. The second kappa shape index (κ2) is 5.66. The molecule has 0 spiro atoms. The minimum absolute atomic E-state index is 0.206. The van der Waals surface area contributed by atoms with Gasteiger partial charge >= 0.3 is 5.97 Å². The molecule has 0 atom stereocenters. The van der Waals surface area contributed by atoms with Crippen LogP contribution in [0, 0.1) is 0 Å². The Hall–Kier alpha value is -2.59. The molecule has 0 radical (unpaired) electrons. The van der Waals surface area contributed by atoms with Gasteiger partial charge < -0.3 is 9.47 Å². The smallest absolute Gasteiger partial charge is 0.308 e. The second-order valence-corrected chi connectivity index (χ2v) is 5.18. The fourth-order valence-electron chi connectivity index (χ4n) is 2.14. The molecule has 0 N–H and O–H groups in total. The van der Waals surface area contributed by atoms with Gasteiger partial charge in [-0.05, 0) is 35.9 Å². The Labute approximate surface area is 131 Å². The van der Waals surface area contributed by atoms with Crippen LogP contribution < -0.4 is 9.47 Å². The quantitative estimate of drug-likeness (QED) is 0.479. The van der Waals surface area contributed by atoms with Crippen molar-refractivity contribution in [2.75, 3.05) is 0 Å². The van der Waals surface area contributed by atoms with Crippen LogP contribution in [0.2, 0.25) is 5.02 Å². The first-order chi connectivity index (χ1) is 10.5. The number of allylic oxidation sites excluding steroid dienone is 1. The van der Waals surface area contributed by atoms with Crippen molar-refractivity contribution in [2.45, 2.75) is 6.92 Å². The fourth-order valence-corrected chi connectivity index (χ4v) is 2.34. The molecule has 0 amide bonds. The zero-order chi connectivity index (χ0) is 15.7. The zero-order valence-corrected chi connectivity index (χ0v) is 12.4. The summed E-state index contributed by atoms with van der Waals surface area (Å²) in [5, 5.41) is 0.578. The highest BCUT2D eigenvalue weighted by atomic mass is 35.5. The number of hydrogen-bond acceptors (Lipinski definition) is 4. The average molecular weight is 315 g/mol. The molecular weight excluding hydrogens is 304 g/mol. The predicted molar refractivity (Wildman–Crippen MR) is 82.1 cm³/mol. The molecule has 0 saturated heterocycles. The second-order valence-electron chi connectivity index (χ2n) is 4.75. The van der Waals surface area contributed by atoms with Gasteiger partial charge in [-0.15, -0.1) is 0 Å². The van der Waals surface area contributed by atoms with Crippen molar-refractivity contribution < 1.29 is 19.1 Å². The van der Waals surface area contributed by atoms with Crippen molar-refractivity contribution in [1.82, 2.24) is 0 Å². The number of fused-ring (bicyclic) bond motifs is 1. The van der Waals surface area contributed by atoms with Crippen molar-refractivity contribution in [1.29, 1.82) is 0 Å². The van der Waals surface area contributed by atoms with E-state index in [4.69, 9.17) is 21.1 Å². The average Bonchev–Trinajstić information content (AvgIpc) is 2.74. The third kappa shape index (κ3) is 2.87. The van der Waals surface area contributed by atoms with Crippen LogP contribution in [0.3, 0.4) is 0 Å². The Balaban J connectivity index is 1.92. The number of hydrogen-bond donors (Lipinski definition) is 0. The lowest BCUT2D eigenvalue weighted by atomic mass is 10.1. The molecule has 5 heteroatoms. The number of ether oxygens (including phenoxy) is 2. The van der Waals surface area contributed by atoms with E-state index in [1.165, 1.54) is 13.0 Å². The van der Waals surface area contributed by atoms with Crippen LogP contribution in [0.4, 0.5) is 0 Å². The molecule has 4 nitrogen and oxygen atoms in total. The summed E-state index contributed by atoms with van der Waals surface area (Å²) in [4.78, 5) is 23.2. The predicted octanol–water partition coefficient (Wildman–Crippen LogP) is 3.88. The van der Waals surface area contributed by atoms with Crippen molar-refractivity contribution in [2.24, 2.45) is 0 Å². The Morgan fingerprint density at radius 2 is 2.05 bits per heavy atom. The molecule has 3 rings (SSSR count). The molecule has 0 aromatic heterocycles. The van der Waals surface area contributed by atoms with Crippen LogP contribution in [-0.2, 0) is 4.79 Å². The number of Topliss-reactive ketones (excluding diaryl/α,β-unsaturated/α-hetero) is 1. The number of halogens is 1. The molecule has 0 saturated carbocycles. The largest absolute Gasteiger partial charge is 0.452 e. The van der Waals surface area contributed by atoms with Gasteiger partial charge in [-0.1, -0.05) is 23.7 Å². The van der Waals surface area contributed by atoms with Crippen molar-refractivity contribution in [3.8, 4) is 11.5 Å². The van der Waals surface area contributed by atoms with Crippen molar-refractivity contribution in [3.05, 3.63) is 64.4 Å². The van der Waals surface area contributed by atoms with Crippen LogP contribution in [0.25, 0.3) is 6.08 Å². The van der Waals surface area contributed by atoms with Gasteiger partial charge in [0, 0.05) is 18.0 Å². The molecule has 110 valence electrons. The third-order valence-corrected chi connectivity index (χ3v) is 3.28. The zero-order valence-electron chi connectivity index (χ0n) is 11.6. The summed E-state index contributed by atoms with van der Waals surface area (Å²) in [6.45, 7) is 1.31. The van der Waals surface area contributed by atoms with Crippen molar-refractivity contribution in [3.63, 3.8) is 0 Å². The highest BCUT2D eigenvalue weighted by molar-refractivity contribution is 6.30. The summed E-state index contributed by atoms with van der Waals surface area (Å²) < 4.78 is 10.5. The lowest BCUT2D eigenvalue weighted by Gasteiger charge is -2.02. The van der Waals surface area contributed by atoms with E-state index < -0.39 is 5.97 Å². The molecule has 0 bridgehead atoms. The molecule has 2 aromatic rings. The van der Waals surface area contributed by atoms with Gasteiger partial charge in [0.2, 0.25) is 5.78 Å². The lowest BCUT2D eigenvalue weighted by molar-refractivity contribution is -0.131. The Kier molecular flexibility index (Phi) is 3.69. The summed E-state index contributed by atoms with van der Waals surface area (Å²) >= 11 is 5.92. The number of carbonyl (C=O) groups is 2. The van der Waals surface area contributed by atoms with E-state index in [2.05, 4.69) is 0 Å². The Bertz CT molecular complexity index is 808. The maximum absolute atomic E-state index is 12.3. The number of carbonyl (C=O) groups excluding carboxylic acids is 2. The molecule has 0 fully saturated rings. The highest BCUT2D eigenvalue weighted by Crippen LogP contribution is 2.35. The highest BCUT2D eigenvalue weighted by Gasteiger charge is 2.27. The Morgan fingerprint density at radius 1 is 1.23 bits per heavy atom. The SMILES string of the molecule is CC(=O)Oc1ccc2c(c1)O/C(=C\c1cccc(Cl)c1)C2=O. The van der Waals surface area contributed by atoms with E-state index >= 15 is 0 Å². The minimum Gasteiger partial charge on any atom is -0.452 e. The van der Waals surface area contributed by atoms with E-state index in [-0.39, 0.29) is 11.5 Å². The lowest BCUT2D eigenvalue weighted by Crippen LogP contribution is -2.01. The molecule has 2 aromatic carbocycles. The molecule has 1 aliphatic heterocycles. The van der Waals surface area contributed by atoms with Crippen LogP contribution in [-0.4, -0.2) is 11.8 Å². The van der Waals surface area contributed by atoms with Gasteiger partial charge in [-0.25, -0.2) is 0 Å². The standard InChI is InChI=1S/C17H11ClO4/c1-10(19)21-13-5-6-14-15(9-13)22-16(17(14)20)8-11-3-2-4-12(18)7-11/h2-9H,1H3/b16-8-. The molecule has 0 unspecified atom stereocenters. The van der Waals surface area contributed by atoms with Crippen LogP contribution in [0.5, 0.6) is 11.5 Å². The first-order valence-electron chi connectivity index (χ1n) is 6.55. The maximum atomic E-state index is 12.3. The van der Waals surface area contributed by atoms with Crippen LogP contribution in [0.1, 0.15) is 22.8 Å². The third-order valence-electron chi connectivity index (χ3n) is 3.05. The summed E-state index contributed by atoms with van der Waals surface area (Å²) in [7, 11) is 0.